The zero-order valence-corrected chi connectivity index (χ0v) is 10.5. The molecule has 0 N–H and O–H groups in total. The number of morpholine rings is 1. The van der Waals surface area contributed by atoms with E-state index in [0.717, 1.165) is 32.1 Å². The molecule has 0 aliphatic carbocycles. The average molecular weight is 243 g/mol. The molecule has 0 unspecified atom stereocenters. The van der Waals surface area contributed by atoms with Crippen molar-refractivity contribution in [2.75, 3.05) is 37.8 Å². The fourth-order valence-electron chi connectivity index (χ4n) is 1.48. The summed E-state index contributed by atoms with van der Waals surface area (Å²) in [6.45, 7) is 8.15. The molecule has 1 aliphatic heterocycles. The Hall–Kier alpha value is -0.880. The Balaban J connectivity index is 2.00. The van der Waals surface area contributed by atoms with Crippen molar-refractivity contribution < 1.29 is 9.47 Å². The van der Waals surface area contributed by atoms with Gasteiger partial charge in [0.1, 0.15) is 0 Å². The Morgan fingerprint density at radius 3 is 2.81 bits per heavy atom. The fourth-order valence-corrected chi connectivity index (χ4v) is 2.00. The van der Waals surface area contributed by atoms with Crippen molar-refractivity contribution in [1.29, 1.82) is 0 Å². The monoisotopic (exact) mass is 243 g/mol. The second kappa shape index (κ2) is 5.45. The van der Waals surface area contributed by atoms with E-state index in [1.807, 2.05) is 0 Å². The van der Waals surface area contributed by atoms with Gasteiger partial charge < -0.3 is 14.4 Å². The van der Waals surface area contributed by atoms with Crippen LogP contribution in [0, 0.1) is 5.92 Å². The summed E-state index contributed by atoms with van der Waals surface area (Å²) >= 11 is 1.20. The predicted molar refractivity (Wildman–Crippen MR) is 63.3 cm³/mol. The molecular weight excluding hydrogens is 226 g/mol. The predicted octanol–water partition coefficient (Wildman–Crippen LogP) is 1.41. The van der Waals surface area contributed by atoms with E-state index in [2.05, 4.69) is 27.5 Å². The number of hydrogen-bond acceptors (Lipinski definition) is 6. The van der Waals surface area contributed by atoms with E-state index in [1.54, 1.807) is 0 Å². The first-order chi connectivity index (χ1) is 7.77. The maximum Gasteiger partial charge on any atom is 0.270 e. The minimum absolute atomic E-state index is 0.499. The lowest BCUT2D eigenvalue weighted by atomic mass is 10.2. The van der Waals surface area contributed by atoms with E-state index in [-0.39, 0.29) is 0 Å². The van der Waals surface area contributed by atoms with Crippen LogP contribution in [-0.4, -0.2) is 41.7 Å². The van der Waals surface area contributed by atoms with E-state index in [1.165, 1.54) is 11.7 Å². The number of anilines is 1. The average Bonchev–Trinajstić information content (AvgIpc) is 2.75. The third-order valence-corrected chi connectivity index (χ3v) is 2.81. The van der Waals surface area contributed by atoms with E-state index < -0.39 is 0 Å². The van der Waals surface area contributed by atoms with Crippen molar-refractivity contribution in [3.8, 4) is 5.88 Å². The molecule has 6 heteroatoms. The molecule has 90 valence electrons. The maximum atomic E-state index is 5.65. The molecule has 0 atom stereocenters. The topological polar surface area (TPSA) is 47.5 Å². The zero-order valence-electron chi connectivity index (χ0n) is 9.68. The molecule has 0 spiro atoms. The number of aromatic nitrogens is 2. The highest BCUT2D eigenvalue weighted by molar-refractivity contribution is 6.99. The first kappa shape index (κ1) is 11.6. The molecule has 1 aromatic heterocycles. The lowest BCUT2D eigenvalue weighted by Gasteiger charge is -2.26. The highest BCUT2D eigenvalue weighted by Gasteiger charge is 2.19. The molecular formula is C10H17N3O2S. The van der Waals surface area contributed by atoms with Crippen LogP contribution in [0.4, 0.5) is 5.82 Å². The summed E-state index contributed by atoms with van der Waals surface area (Å²) in [6.07, 6.45) is 0. The SMILES string of the molecule is CC(C)COc1nsnc1N1CCOCC1. The van der Waals surface area contributed by atoms with Crippen molar-refractivity contribution >= 4 is 17.5 Å². The number of nitrogens with zero attached hydrogens (tertiary/aromatic N) is 3. The normalized spacial score (nSPS) is 16.8. The van der Waals surface area contributed by atoms with Crippen LogP contribution >= 0.6 is 11.7 Å². The highest BCUT2D eigenvalue weighted by Crippen LogP contribution is 2.26. The van der Waals surface area contributed by atoms with Crippen molar-refractivity contribution in [2.24, 2.45) is 5.92 Å². The summed E-state index contributed by atoms with van der Waals surface area (Å²) in [7, 11) is 0. The molecule has 0 aromatic carbocycles. The number of ether oxygens (including phenoxy) is 2. The Morgan fingerprint density at radius 1 is 1.38 bits per heavy atom. The molecule has 2 rings (SSSR count). The second-order valence-electron chi connectivity index (χ2n) is 4.20. The van der Waals surface area contributed by atoms with Gasteiger partial charge in [0.2, 0.25) is 5.82 Å². The van der Waals surface area contributed by atoms with Gasteiger partial charge in [-0.3, -0.25) is 0 Å². The summed E-state index contributed by atoms with van der Waals surface area (Å²) in [6, 6.07) is 0. The van der Waals surface area contributed by atoms with Gasteiger partial charge in [-0.25, -0.2) is 0 Å². The fraction of sp³-hybridized carbons (Fsp3) is 0.800. The van der Waals surface area contributed by atoms with Crippen LogP contribution in [0.5, 0.6) is 5.88 Å². The van der Waals surface area contributed by atoms with Gasteiger partial charge >= 0.3 is 0 Å². The summed E-state index contributed by atoms with van der Waals surface area (Å²) in [4.78, 5) is 2.17. The third-order valence-electron chi connectivity index (χ3n) is 2.31. The highest BCUT2D eigenvalue weighted by atomic mass is 32.1. The first-order valence-corrected chi connectivity index (χ1v) is 6.28. The lowest BCUT2D eigenvalue weighted by Crippen LogP contribution is -2.36. The van der Waals surface area contributed by atoms with Crippen molar-refractivity contribution in [2.45, 2.75) is 13.8 Å². The first-order valence-electron chi connectivity index (χ1n) is 5.55. The van der Waals surface area contributed by atoms with Gasteiger partial charge in [-0.05, 0) is 5.92 Å². The van der Waals surface area contributed by atoms with E-state index in [0.29, 0.717) is 18.4 Å². The Bertz CT molecular complexity index is 324. The van der Waals surface area contributed by atoms with Crippen molar-refractivity contribution in [3.63, 3.8) is 0 Å². The van der Waals surface area contributed by atoms with Crippen LogP contribution in [0.15, 0.2) is 0 Å². The molecule has 5 nitrogen and oxygen atoms in total. The van der Waals surface area contributed by atoms with Gasteiger partial charge in [-0.1, -0.05) is 13.8 Å². The van der Waals surface area contributed by atoms with Crippen LogP contribution in [0.3, 0.4) is 0 Å². The van der Waals surface area contributed by atoms with Crippen LogP contribution in [0.2, 0.25) is 0 Å². The summed E-state index contributed by atoms with van der Waals surface area (Å²) in [5.41, 5.74) is 0. The summed E-state index contributed by atoms with van der Waals surface area (Å²) in [5, 5.41) is 0. The molecule has 1 saturated heterocycles. The molecule has 0 bridgehead atoms. The minimum atomic E-state index is 0.499. The molecule has 16 heavy (non-hydrogen) atoms. The smallest absolute Gasteiger partial charge is 0.270 e. The quantitative estimate of drug-likeness (QED) is 0.800. The van der Waals surface area contributed by atoms with Gasteiger partial charge in [0.05, 0.1) is 31.5 Å². The minimum Gasteiger partial charge on any atom is -0.474 e. The zero-order chi connectivity index (χ0) is 11.4. The molecule has 1 fully saturated rings. The van der Waals surface area contributed by atoms with Crippen LogP contribution in [0.1, 0.15) is 13.8 Å². The number of hydrogen-bond donors (Lipinski definition) is 0. The maximum absolute atomic E-state index is 5.65. The van der Waals surface area contributed by atoms with Crippen molar-refractivity contribution in [1.82, 2.24) is 8.75 Å². The van der Waals surface area contributed by atoms with Gasteiger partial charge in [-0.15, -0.1) is 4.37 Å². The Morgan fingerprint density at radius 2 is 2.12 bits per heavy atom. The standard InChI is InChI=1S/C10H17N3O2S/c1-8(2)7-15-10-9(11-16-12-10)13-3-5-14-6-4-13/h8H,3-7H2,1-2H3. The van der Waals surface area contributed by atoms with Gasteiger partial charge in [0.15, 0.2) is 0 Å². The molecule has 0 saturated carbocycles. The van der Waals surface area contributed by atoms with E-state index in [9.17, 15) is 0 Å². The van der Waals surface area contributed by atoms with Crippen LogP contribution in [-0.2, 0) is 4.74 Å². The molecule has 1 aliphatic rings. The van der Waals surface area contributed by atoms with Crippen LogP contribution < -0.4 is 9.64 Å². The number of rotatable bonds is 4. The summed E-state index contributed by atoms with van der Waals surface area (Å²) < 4.78 is 19.4. The molecule has 0 radical (unpaired) electrons. The van der Waals surface area contributed by atoms with Crippen LogP contribution in [0.25, 0.3) is 0 Å². The van der Waals surface area contributed by atoms with E-state index in [4.69, 9.17) is 9.47 Å². The van der Waals surface area contributed by atoms with Gasteiger partial charge in [0.25, 0.3) is 5.88 Å². The summed E-state index contributed by atoms with van der Waals surface area (Å²) in [5.74, 6) is 2.04. The van der Waals surface area contributed by atoms with Gasteiger partial charge in [-0.2, -0.15) is 4.37 Å². The Kier molecular flexibility index (Phi) is 3.95. The van der Waals surface area contributed by atoms with Crippen molar-refractivity contribution in [3.05, 3.63) is 0 Å². The van der Waals surface area contributed by atoms with Gasteiger partial charge in [0, 0.05) is 13.1 Å². The molecule has 2 heterocycles. The molecule has 0 amide bonds. The largest absolute Gasteiger partial charge is 0.474 e. The van der Waals surface area contributed by atoms with E-state index >= 15 is 0 Å². The lowest BCUT2D eigenvalue weighted by molar-refractivity contribution is 0.122. The third kappa shape index (κ3) is 2.82. The second-order valence-corrected chi connectivity index (χ2v) is 4.73. The molecule has 1 aromatic rings. The Labute approximate surface area is 99.7 Å².